The summed E-state index contributed by atoms with van der Waals surface area (Å²) in [6, 6.07) is 11.2. The van der Waals surface area contributed by atoms with Gasteiger partial charge in [-0.2, -0.15) is 0 Å². The average molecular weight is 334 g/mol. The van der Waals surface area contributed by atoms with Gasteiger partial charge in [-0.3, -0.25) is 4.79 Å². The Bertz CT molecular complexity index is 848. The summed E-state index contributed by atoms with van der Waals surface area (Å²) < 4.78 is 40.0. The number of carbonyl (C=O) groups excluding carboxylic acids is 1. The fourth-order valence-electron chi connectivity index (χ4n) is 2.06. The van der Waals surface area contributed by atoms with Crippen LogP contribution in [0.1, 0.15) is 23.2 Å². The fourth-order valence-corrected chi connectivity index (χ4v) is 3.41. The van der Waals surface area contributed by atoms with Crippen LogP contribution in [-0.4, -0.2) is 20.4 Å². The van der Waals surface area contributed by atoms with Gasteiger partial charge in [0, 0.05) is 17.3 Å². The summed E-state index contributed by atoms with van der Waals surface area (Å²) in [6.45, 7) is 0. The van der Waals surface area contributed by atoms with Gasteiger partial charge >= 0.3 is 0 Å². The van der Waals surface area contributed by atoms with Crippen molar-refractivity contribution in [1.82, 2.24) is 4.72 Å². The van der Waals surface area contributed by atoms with E-state index in [4.69, 9.17) is 0 Å². The highest BCUT2D eigenvalue weighted by molar-refractivity contribution is 7.89. The molecule has 2 aromatic carbocycles. The summed E-state index contributed by atoms with van der Waals surface area (Å²) in [4.78, 5) is 12.2. The van der Waals surface area contributed by atoms with Crippen molar-refractivity contribution in [1.29, 1.82) is 0 Å². The quantitative estimate of drug-likeness (QED) is 0.882. The Morgan fingerprint density at radius 1 is 1.09 bits per heavy atom. The van der Waals surface area contributed by atoms with Crippen molar-refractivity contribution in [2.75, 3.05) is 5.32 Å². The number of hydrogen-bond donors (Lipinski definition) is 2. The number of anilines is 1. The van der Waals surface area contributed by atoms with E-state index in [1.807, 2.05) is 0 Å². The van der Waals surface area contributed by atoms with Gasteiger partial charge < -0.3 is 5.32 Å². The minimum Gasteiger partial charge on any atom is -0.322 e. The van der Waals surface area contributed by atoms with Gasteiger partial charge in [0.2, 0.25) is 10.0 Å². The molecule has 2 N–H and O–H groups in total. The van der Waals surface area contributed by atoms with Crippen molar-refractivity contribution < 1.29 is 17.6 Å². The van der Waals surface area contributed by atoms with Gasteiger partial charge in [0.05, 0.1) is 4.90 Å². The maximum atomic E-state index is 13.1. The van der Waals surface area contributed by atoms with E-state index < -0.39 is 21.7 Å². The summed E-state index contributed by atoms with van der Waals surface area (Å²) in [7, 11) is -3.59. The molecule has 0 unspecified atom stereocenters. The second-order valence-corrected chi connectivity index (χ2v) is 7.10. The monoisotopic (exact) mass is 334 g/mol. The van der Waals surface area contributed by atoms with E-state index in [1.54, 1.807) is 12.1 Å². The van der Waals surface area contributed by atoms with E-state index in [2.05, 4.69) is 10.0 Å². The van der Waals surface area contributed by atoms with Crippen LogP contribution in [0, 0.1) is 5.82 Å². The van der Waals surface area contributed by atoms with Gasteiger partial charge in [-0.15, -0.1) is 0 Å². The Hall–Kier alpha value is -2.25. The molecule has 0 saturated heterocycles. The molecule has 7 heteroatoms. The molecule has 23 heavy (non-hydrogen) atoms. The molecule has 0 heterocycles. The Kier molecular flexibility index (Phi) is 4.14. The third-order valence-electron chi connectivity index (χ3n) is 3.39. The molecule has 1 saturated carbocycles. The van der Waals surface area contributed by atoms with Crippen LogP contribution >= 0.6 is 0 Å². The van der Waals surface area contributed by atoms with E-state index >= 15 is 0 Å². The summed E-state index contributed by atoms with van der Waals surface area (Å²) in [5.41, 5.74) is 0.493. The van der Waals surface area contributed by atoms with Crippen LogP contribution < -0.4 is 10.0 Å². The number of nitrogens with one attached hydrogen (secondary N) is 2. The highest BCUT2D eigenvalue weighted by atomic mass is 32.2. The van der Waals surface area contributed by atoms with Gasteiger partial charge in [-0.25, -0.2) is 17.5 Å². The number of sulfonamides is 1. The minimum atomic E-state index is -3.59. The lowest BCUT2D eigenvalue weighted by atomic mass is 10.2. The Morgan fingerprint density at radius 3 is 2.52 bits per heavy atom. The van der Waals surface area contributed by atoms with Crippen molar-refractivity contribution in [3.8, 4) is 0 Å². The minimum absolute atomic E-state index is 0.00513. The van der Waals surface area contributed by atoms with Crippen molar-refractivity contribution in [3.63, 3.8) is 0 Å². The van der Waals surface area contributed by atoms with Gasteiger partial charge in [0.15, 0.2) is 0 Å². The molecule has 0 aliphatic heterocycles. The Morgan fingerprint density at radius 2 is 1.83 bits per heavy atom. The lowest BCUT2D eigenvalue weighted by Gasteiger charge is -2.09. The lowest BCUT2D eigenvalue weighted by Crippen LogP contribution is -2.25. The zero-order chi connectivity index (χ0) is 16.4. The summed E-state index contributed by atoms with van der Waals surface area (Å²) in [5.74, 6) is -1.02. The van der Waals surface area contributed by atoms with Gasteiger partial charge in [-0.1, -0.05) is 12.1 Å². The van der Waals surface area contributed by atoms with Gasteiger partial charge in [0.25, 0.3) is 5.91 Å². The number of carbonyl (C=O) groups is 1. The first kappa shape index (κ1) is 15.6. The van der Waals surface area contributed by atoms with Crippen LogP contribution in [-0.2, 0) is 10.0 Å². The van der Waals surface area contributed by atoms with Crippen LogP contribution in [0.25, 0.3) is 0 Å². The highest BCUT2D eigenvalue weighted by Crippen LogP contribution is 2.23. The van der Waals surface area contributed by atoms with Gasteiger partial charge in [0.1, 0.15) is 5.82 Å². The fraction of sp³-hybridized carbons (Fsp3) is 0.188. The number of benzene rings is 2. The van der Waals surface area contributed by atoms with E-state index in [0.717, 1.165) is 18.9 Å². The SMILES string of the molecule is O=C(Nc1cccc(S(=O)(=O)NC2CC2)c1)c1cccc(F)c1. The third kappa shape index (κ3) is 3.94. The number of hydrogen-bond acceptors (Lipinski definition) is 3. The number of amides is 1. The highest BCUT2D eigenvalue weighted by Gasteiger charge is 2.28. The summed E-state index contributed by atoms with van der Waals surface area (Å²) in [6.07, 6.45) is 1.68. The van der Waals surface area contributed by atoms with Crippen LogP contribution in [0.15, 0.2) is 53.4 Å². The van der Waals surface area contributed by atoms with Crippen LogP contribution in [0.4, 0.5) is 10.1 Å². The lowest BCUT2D eigenvalue weighted by molar-refractivity contribution is 0.102. The molecule has 1 aliphatic rings. The van der Waals surface area contributed by atoms with E-state index in [-0.39, 0.29) is 16.5 Å². The third-order valence-corrected chi connectivity index (χ3v) is 4.91. The molecule has 0 spiro atoms. The molecule has 5 nitrogen and oxygen atoms in total. The smallest absolute Gasteiger partial charge is 0.255 e. The molecular weight excluding hydrogens is 319 g/mol. The van der Waals surface area contributed by atoms with Crippen molar-refractivity contribution in [2.24, 2.45) is 0 Å². The summed E-state index contributed by atoms with van der Waals surface area (Å²) >= 11 is 0. The topological polar surface area (TPSA) is 75.3 Å². The van der Waals surface area contributed by atoms with E-state index in [0.29, 0.717) is 5.69 Å². The predicted molar refractivity (Wildman–Crippen MR) is 84.1 cm³/mol. The maximum Gasteiger partial charge on any atom is 0.255 e. The number of halogens is 1. The van der Waals surface area contributed by atoms with Crippen LogP contribution in [0.3, 0.4) is 0 Å². The first-order chi connectivity index (χ1) is 10.9. The zero-order valence-electron chi connectivity index (χ0n) is 12.1. The zero-order valence-corrected chi connectivity index (χ0v) is 12.9. The first-order valence-electron chi connectivity index (χ1n) is 7.13. The first-order valence-corrected chi connectivity index (χ1v) is 8.62. The largest absolute Gasteiger partial charge is 0.322 e. The van der Waals surface area contributed by atoms with E-state index in [9.17, 15) is 17.6 Å². The molecule has 120 valence electrons. The predicted octanol–water partition coefficient (Wildman–Crippen LogP) is 2.52. The van der Waals surface area contributed by atoms with Crippen molar-refractivity contribution >= 4 is 21.6 Å². The van der Waals surface area contributed by atoms with Crippen LogP contribution in [0.2, 0.25) is 0 Å². The molecule has 0 radical (unpaired) electrons. The van der Waals surface area contributed by atoms with Crippen LogP contribution in [0.5, 0.6) is 0 Å². The molecule has 2 aromatic rings. The molecule has 1 aliphatic carbocycles. The molecule has 0 atom stereocenters. The number of rotatable bonds is 5. The molecule has 1 fully saturated rings. The van der Waals surface area contributed by atoms with Crippen molar-refractivity contribution in [2.45, 2.75) is 23.8 Å². The summed E-state index contributed by atoms with van der Waals surface area (Å²) in [5, 5.41) is 2.57. The second-order valence-electron chi connectivity index (χ2n) is 5.39. The second kappa shape index (κ2) is 6.10. The Balaban J connectivity index is 1.78. The molecule has 0 bridgehead atoms. The molecule has 0 aromatic heterocycles. The molecular formula is C16H15FN2O3S. The average Bonchev–Trinajstić information content (AvgIpc) is 3.31. The van der Waals surface area contributed by atoms with E-state index in [1.165, 1.54) is 30.3 Å². The maximum absolute atomic E-state index is 13.1. The standard InChI is InChI=1S/C16H15FN2O3S/c17-12-4-1-3-11(9-12)16(20)18-14-5-2-6-15(10-14)23(21,22)19-13-7-8-13/h1-6,9-10,13,19H,7-8H2,(H,18,20). The molecule has 1 amide bonds. The normalized spacial score (nSPS) is 14.5. The van der Waals surface area contributed by atoms with Gasteiger partial charge in [-0.05, 0) is 49.2 Å². The molecule has 3 rings (SSSR count). The Labute approximate surface area is 133 Å². The van der Waals surface area contributed by atoms with Crippen molar-refractivity contribution in [3.05, 3.63) is 59.9 Å².